The Kier molecular flexibility index (Phi) is 3.21. The summed E-state index contributed by atoms with van der Waals surface area (Å²) >= 11 is -2.06. The van der Waals surface area contributed by atoms with Crippen molar-refractivity contribution in [2.75, 3.05) is 4.72 Å². The molecule has 0 fully saturated rings. The molecule has 0 aliphatic carbocycles. The van der Waals surface area contributed by atoms with Gasteiger partial charge in [-0.25, -0.2) is 4.21 Å². The van der Waals surface area contributed by atoms with Gasteiger partial charge in [0.1, 0.15) is 0 Å². The standard InChI is InChI=1S/C7H9NO3S/c9-5-6-2-1-3-7(4-6)8-12(10)11/h1-4,8-9H,5H2,(H,10,11). The second-order valence-electron chi connectivity index (χ2n) is 2.21. The van der Waals surface area contributed by atoms with E-state index in [1.807, 2.05) is 0 Å². The number of hydrogen-bond donors (Lipinski definition) is 3. The number of rotatable bonds is 3. The summed E-state index contributed by atoms with van der Waals surface area (Å²) in [5.74, 6) is 0. The molecule has 0 aliphatic rings. The highest BCUT2D eigenvalue weighted by atomic mass is 32.2. The van der Waals surface area contributed by atoms with Crippen molar-refractivity contribution < 1.29 is 13.9 Å². The highest BCUT2D eigenvalue weighted by Crippen LogP contribution is 2.10. The average Bonchev–Trinajstić information content (AvgIpc) is 2.03. The van der Waals surface area contributed by atoms with E-state index < -0.39 is 11.3 Å². The van der Waals surface area contributed by atoms with Gasteiger partial charge in [0, 0.05) is 5.69 Å². The number of aliphatic hydroxyl groups excluding tert-OH is 1. The summed E-state index contributed by atoms with van der Waals surface area (Å²) in [5.41, 5.74) is 1.22. The first-order valence-corrected chi connectivity index (χ1v) is 4.40. The van der Waals surface area contributed by atoms with Crippen molar-refractivity contribution in [2.24, 2.45) is 0 Å². The van der Waals surface area contributed by atoms with Gasteiger partial charge in [0.25, 0.3) is 11.3 Å². The molecule has 1 aromatic rings. The molecular formula is C7H9NO3S. The lowest BCUT2D eigenvalue weighted by atomic mass is 10.2. The molecule has 0 spiro atoms. The van der Waals surface area contributed by atoms with Crippen LogP contribution in [0.5, 0.6) is 0 Å². The lowest BCUT2D eigenvalue weighted by Crippen LogP contribution is -2.01. The SMILES string of the molecule is O=S(O)Nc1cccc(CO)c1. The third-order valence-corrected chi connectivity index (χ3v) is 1.73. The Morgan fingerprint density at radius 1 is 1.50 bits per heavy atom. The Balaban J connectivity index is 2.79. The van der Waals surface area contributed by atoms with E-state index in [9.17, 15) is 4.21 Å². The molecule has 12 heavy (non-hydrogen) atoms. The fraction of sp³-hybridized carbons (Fsp3) is 0.143. The molecule has 66 valence electrons. The van der Waals surface area contributed by atoms with Crippen molar-refractivity contribution in [1.29, 1.82) is 0 Å². The molecule has 0 bridgehead atoms. The van der Waals surface area contributed by atoms with Crippen molar-refractivity contribution in [3.63, 3.8) is 0 Å². The largest absolute Gasteiger partial charge is 0.392 e. The van der Waals surface area contributed by atoms with Crippen LogP contribution in [-0.2, 0) is 17.9 Å². The average molecular weight is 187 g/mol. The molecule has 0 saturated heterocycles. The Morgan fingerprint density at radius 2 is 2.25 bits per heavy atom. The fourth-order valence-electron chi connectivity index (χ4n) is 0.834. The maximum absolute atomic E-state index is 10.3. The summed E-state index contributed by atoms with van der Waals surface area (Å²) in [7, 11) is 0. The molecular weight excluding hydrogens is 178 g/mol. The van der Waals surface area contributed by atoms with Crippen molar-refractivity contribution in [3.8, 4) is 0 Å². The summed E-state index contributed by atoms with van der Waals surface area (Å²) in [4.78, 5) is 0. The zero-order valence-corrected chi connectivity index (χ0v) is 7.04. The minimum atomic E-state index is -2.06. The molecule has 1 unspecified atom stereocenters. The summed E-state index contributed by atoms with van der Waals surface area (Å²) < 4.78 is 21.1. The van der Waals surface area contributed by atoms with Crippen LogP contribution in [0.1, 0.15) is 5.56 Å². The van der Waals surface area contributed by atoms with E-state index in [4.69, 9.17) is 9.66 Å². The monoisotopic (exact) mass is 187 g/mol. The predicted molar refractivity (Wildman–Crippen MR) is 46.8 cm³/mol. The van der Waals surface area contributed by atoms with Gasteiger partial charge in [0.2, 0.25) is 0 Å². The van der Waals surface area contributed by atoms with Crippen LogP contribution in [0, 0.1) is 0 Å². The molecule has 0 radical (unpaired) electrons. The van der Waals surface area contributed by atoms with Gasteiger partial charge in [-0.3, -0.25) is 9.27 Å². The van der Waals surface area contributed by atoms with Crippen LogP contribution in [0.3, 0.4) is 0 Å². The molecule has 0 aliphatic heterocycles. The van der Waals surface area contributed by atoms with Crippen LogP contribution in [0.25, 0.3) is 0 Å². The quantitative estimate of drug-likeness (QED) is 0.611. The molecule has 1 atom stereocenters. The van der Waals surface area contributed by atoms with Crippen LogP contribution in [0.2, 0.25) is 0 Å². The Bertz CT molecular complexity index is 290. The van der Waals surface area contributed by atoms with Crippen molar-refractivity contribution in [2.45, 2.75) is 6.61 Å². The van der Waals surface area contributed by atoms with Gasteiger partial charge in [-0.1, -0.05) is 12.1 Å². The lowest BCUT2D eigenvalue weighted by Gasteiger charge is -2.01. The number of hydrogen-bond acceptors (Lipinski definition) is 2. The van der Waals surface area contributed by atoms with E-state index in [2.05, 4.69) is 4.72 Å². The van der Waals surface area contributed by atoms with Crippen molar-refractivity contribution >= 4 is 17.0 Å². The van der Waals surface area contributed by atoms with Crippen molar-refractivity contribution in [1.82, 2.24) is 0 Å². The van der Waals surface area contributed by atoms with Crippen LogP contribution < -0.4 is 4.72 Å². The second kappa shape index (κ2) is 4.20. The molecule has 1 aromatic carbocycles. The lowest BCUT2D eigenvalue weighted by molar-refractivity contribution is 0.282. The van der Waals surface area contributed by atoms with Gasteiger partial charge in [-0.2, -0.15) is 0 Å². The number of benzene rings is 1. The van der Waals surface area contributed by atoms with E-state index in [1.165, 1.54) is 0 Å². The van der Waals surface area contributed by atoms with E-state index >= 15 is 0 Å². The molecule has 1 rings (SSSR count). The Hall–Kier alpha value is -0.910. The van der Waals surface area contributed by atoms with Crippen LogP contribution in [0.15, 0.2) is 24.3 Å². The van der Waals surface area contributed by atoms with Gasteiger partial charge < -0.3 is 5.11 Å². The minimum absolute atomic E-state index is 0.0758. The zero-order valence-electron chi connectivity index (χ0n) is 6.23. The number of nitrogens with one attached hydrogen (secondary N) is 1. The normalized spacial score (nSPS) is 12.5. The molecule has 4 nitrogen and oxygen atoms in total. The summed E-state index contributed by atoms with van der Waals surface area (Å²) in [6.45, 7) is -0.0758. The van der Waals surface area contributed by atoms with E-state index in [-0.39, 0.29) is 6.61 Å². The highest BCUT2D eigenvalue weighted by molar-refractivity contribution is 7.80. The van der Waals surface area contributed by atoms with Crippen LogP contribution in [-0.4, -0.2) is 13.9 Å². The first kappa shape index (κ1) is 9.18. The minimum Gasteiger partial charge on any atom is -0.392 e. The van der Waals surface area contributed by atoms with Crippen LogP contribution >= 0.6 is 0 Å². The Labute approximate surface area is 72.7 Å². The zero-order chi connectivity index (χ0) is 8.97. The summed E-state index contributed by atoms with van der Waals surface area (Å²) in [5, 5.41) is 8.73. The third kappa shape index (κ3) is 2.61. The van der Waals surface area contributed by atoms with Gasteiger partial charge >= 0.3 is 0 Å². The number of aliphatic hydroxyl groups is 1. The maximum atomic E-state index is 10.3. The smallest absolute Gasteiger partial charge is 0.259 e. The maximum Gasteiger partial charge on any atom is 0.259 e. The predicted octanol–water partition coefficient (Wildman–Crippen LogP) is 0.727. The number of anilines is 1. The molecule has 0 heterocycles. The molecule has 0 amide bonds. The van der Waals surface area contributed by atoms with Gasteiger partial charge in [-0.05, 0) is 17.7 Å². The van der Waals surface area contributed by atoms with Gasteiger partial charge in [0.15, 0.2) is 0 Å². The molecule has 5 heteroatoms. The topological polar surface area (TPSA) is 69.6 Å². The van der Waals surface area contributed by atoms with Crippen LogP contribution in [0.4, 0.5) is 5.69 Å². The highest BCUT2D eigenvalue weighted by Gasteiger charge is 1.95. The van der Waals surface area contributed by atoms with E-state index in [0.717, 1.165) is 0 Å². The first-order valence-electron chi connectivity index (χ1n) is 3.29. The first-order chi connectivity index (χ1) is 5.72. The summed E-state index contributed by atoms with van der Waals surface area (Å²) in [6.07, 6.45) is 0. The van der Waals surface area contributed by atoms with Gasteiger partial charge in [-0.15, -0.1) is 0 Å². The molecule has 0 aromatic heterocycles. The van der Waals surface area contributed by atoms with Crippen molar-refractivity contribution in [3.05, 3.63) is 29.8 Å². The van der Waals surface area contributed by atoms with E-state index in [0.29, 0.717) is 11.3 Å². The second-order valence-corrected chi connectivity index (χ2v) is 2.91. The Morgan fingerprint density at radius 3 is 2.83 bits per heavy atom. The van der Waals surface area contributed by atoms with E-state index in [1.54, 1.807) is 24.3 Å². The summed E-state index contributed by atoms with van der Waals surface area (Å²) in [6, 6.07) is 6.67. The molecule has 0 saturated carbocycles. The third-order valence-electron chi connectivity index (χ3n) is 1.31. The fourth-order valence-corrected chi connectivity index (χ4v) is 1.16. The van der Waals surface area contributed by atoms with Gasteiger partial charge in [0.05, 0.1) is 6.61 Å². The molecule has 3 N–H and O–H groups in total.